The molecule has 156 valence electrons. The number of ether oxygens (including phenoxy) is 2. The Morgan fingerprint density at radius 3 is 2.47 bits per heavy atom. The van der Waals surface area contributed by atoms with Crippen LogP contribution in [0.1, 0.15) is 18.9 Å². The Morgan fingerprint density at radius 1 is 1.00 bits per heavy atom. The van der Waals surface area contributed by atoms with Crippen molar-refractivity contribution in [3.05, 3.63) is 70.7 Å². The van der Waals surface area contributed by atoms with Crippen LogP contribution in [0.4, 0.5) is 0 Å². The summed E-state index contributed by atoms with van der Waals surface area (Å²) < 4.78 is 12.1. The zero-order valence-corrected chi connectivity index (χ0v) is 18.4. The number of fused-ring (bicyclic) bond motifs is 1. The summed E-state index contributed by atoms with van der Waals surface area (Å²) in [5.41, 5.74) is 5.85. The van der Waals surface area contributed by atoms with Gasteiger partial charge in [-0.3, -0.25) is 20.4 Å². The van der Waals surface area contributed by atoms with Crippen LogP contribution in [0.15, 0.2) is 65.1 Å². The number of hydrogen-bond donors (Lipinski definition) is 2. The van der Waals surface area contributed by atoms with E-state index in [4.69, 9.17) is 9.47 Å². The van der Waals surface area contributed by atoms with Crippen molar-refractivity contribution in [1.82, 2.24) is 10.9 Å². The molecule has 0 aliphatic rings. The third kappa shape index (κ3) is 5.51. The van der Waals surface area contributed by atoms with Crippen LogP contribution in [0.2, 0.25) is 0 Å². The molecule has 0 saturated carbocycles. The summed E-state index contributed by atoms with van der Waals surface area (Å²) >= 11 is 3.52. The maximum absolute atomic E-state index is 12.3. The molecule has 0 aliphatic heterocycles. The zero-order valence-electron chi connectivity index (χ0n) is 16.8. The molecule has 7 heteroatoms. The lowest BCUT2D eigenvalue weighted by atomic mass is 10.1. The van der Waals surface area contributed by atoms with Gasteiger partial charge in [-0.05, 0) is 58.2 Å². The average Bonchev–Trinajstić information content (AvgIpc) is 2.76. The van der Waals surface area contributed by atoms with Crippen LogP contribution in [0.25, 0.3) is 10.8 Å². The fraction of sp³-hybridized carbons (Fsp3) is 0.217. The number of carbonyl (C=O) groups excluding carboxylic acids is 2. The maximum Gasteiger partial charge on any atom is 0.279 e. The van der Waals surface area contributed by atoms with Crippen LogP contribution >= 0.6 is 15.9 Å². The average molecular weight is 471 g/mol. The number of halogens is 1. The van der Waals surface area contributed by atoms with Crippen molar-refractivity contribution in [3.63, 3.8) is 0 Å². The molecule has 0 heterocycles. The summed E-state index contributed by atoms with van der Waals surface area (Å²) in [5, 5.41) is 2.05. The largest absolute Gasteiger partial charge is 0.483 e. The molecular weight excluding hydrogens is 448 g/mol. The van der Waals surface area contributed by atoms with E-state index in [9.17, 15) is 9.59 Å². The first-order chi connectivity index (χ1) is 14.5. The normalized spacial score (nSPS) is 11.6. The number of hydrazine groups is 1. The number of carbonyl (C=O) groups is 2. The molecule has 0 radical (unpaired) electrons. The molecule has 3 rings (SSSR count). The van der Waals surface area contributed by atoms with E-state index in [-0.39, 0.29) is 6.61 Å². The number of hydrogen-bond acceptors (Lipinski definition) is 4. The topological polar surface area (TPSA) is 76.7 Å². The van der Waals surface area contributed by atoms with Crippen molar-refractivity contribution >= 4 is 38.5 Å². The van der Waals surface area contributed by atoms with Crippen LogP contribution < -0.4 is 20.3 Å². The number of rotatable bonds is 7. The van der Waals surface area contributed by atoms with Gasteiger partial charge >= 0.3 is 0 Å². The molecule has 2 amide bonds. The minimum Gasteiger partial charge on any atom is -0.483 e. The van der Waals surface area contributed by atoms with Crippen molar-refractivity contribution in [2.75, 3.05) is 6.61 Å². The van der Waals surface area contributed by atoms with E-state index in [1.807, 2.05) is 56.3 Å². The second kappa shape index (κ2) is 10.1. The van der Waals surface area contributed by atoms with Crippen LogP contribution in [-0.4, -0.2) is 24.5 Å². The molecule has 0 aliphatic carbocycles. The van der Waals surface area contributed by atoms with Gasteiger partial charge in [0.15, 0.2) is 12.7 Å². The van der Waals surface area contributed by atoms with Gasteiger partial charge in [0.1, 0.15) is 11.5 Å². The quantitative estimate of drug-likeness (QED) is 0.504. The first kappa shape index (κ1) is 21.6. The summed E-state index contributed by atoms with van der Waals surface area (Å²) in [4.78, 5) is 24.4. The molecule has 0 fully saturated rings. The minimum absolute atomic E-state index is 0.243. The molecule has 0 saturated heterocycles. The predicted octanol–water partition coefficient (Wildman–Crippen LogP) is 4.29. The van der Waals surface area contributed by atoms with Crippen molar-refractivity contribution in [2.45, 2.75) is 26.4 Å². The summed E-state index contributed by atoms with van der Waals surface area (Å²) in [5.74, 6) is 0.231. The lowest BCUT2D eigenvalue weighted by molar-refractivity contribution is -0.134. The lowest BCUT2D eigenvalue weighted by Crippen LogP contribution is -2.49. The fourth-order valence-electron chi connectivity index (χ4n) is 2.82. The van der Waals surface area contributed by atoms with Gasteiger partial charge in [-0.25, -0.2) is 0 Å². The highest BCUT2D eigenvalue weighted by molar-refractivity contribution is 9.10. The maximum atomic E-state index is 12.3. The minimum atomic E-state index is -0.719. The van der Waals surface area contributed by atoms with E-state index in [1.165, 1.54) is 0 Å². The number of benzene rings is 3. The Labute approximate surface area is 183 Å². The standard InChI is InChI=1S/C23H23BrN2O4/c1-3-19(30-17-11-8-15(2)9-12-17)23(28)26-25-21(27)14-29-20-13-10-16-6-4-5-7-18(16)22(20)24/h4-13,19H,3,14H2,1-2H3,(H,25,27)(H,26,28). The van der Waals surface area contributed by atoms with E-state index in [2.05, 4.69) is 26.8 Å². The second-order valence-electron chi connectivity index (χ2n) is 6.75. The van der Waals surface area contributed by atoms with Crippen molar-refractivity contribution in [2.24, 2.45) is 0 Å². The molecule has 0 bridgehead atoms. The van der Waals surface area contributed by atoms with Gasteiger partial charge in [0.2, 0.25) is 0 Å². The van der Waals surface area contributed by atoms with Gasteiger partial charge in [0, 0.05) is 0 Å². The van der Waals surface area contributed by atoms with Gasteiger partial charge in [-0.15, -0.1) is 0 Å². The van der Waals surface area contributed by atoms with Crippen LogP contribution in [0, 0.1) is 6.92 Å². The van der Waals surface area contributed by atoms with Crippen LogP contribution in [0.3, 0.4) is 0 Å². The first-order valence-electron chi connectivity index (χ1n) is 9.60. The third-order valence-electron chi connectivity index (χ3n) is 4.47. The monoisotopic (exact) mass is 470 g/mol. The van der Waals surface area contributed by atoms with E-state index >= 15 is 0 Å². The first-order valence-corrected chi connectivity index (χ1v) is 10.4. The highest BCUT2D eigenvalue weighted by Gasteiger charge is 2.19. The van der Waals surface area contributed by atoms with Crippen molar-refractivity contribution < 1.29 is 19.1 Å². The van der Waals surface area contributed by atoms with Crippen LogP contribution in [0.5, 0.6) is 11.5 Å². The Morgan fingerprint density at radius 2 is 1.73 bits per heavy atom. The highest BCUT2D eigenvalue weighted by Crippen LogP contribution is 2.32. The highest BCUT2D eigenvalue weighted by atomic mass is 79.9. The summed E-state index contributed by atoms with van der Waals surface area (Å²) in [6.45, 7) is 3.56. The van der Waals surface area contributed by atoms with Gasteiger partial charge in [0.25, 0.3) is 11.8 Å². The summed E-state index contributed by atoms with van der Waals surface area (Å²) in [7, 11) is 0. The molecule has 2 N–H and O–H groups in total. The van der Waals surface area contributed by atoms with Crippen LogP contribution in [-0.2, 0) is 9.59 Å². The van der Waals surface area contributed by atoms with Gasteiger partial charge in [0.05, 0.1) is 4.47 Å². The van der Waals surface area contributed by atoms with Gasteiger partial charge < -0.3 is 9.47 Å². The number of aryl methyl sites for hydroxylation is 1. The third-order valence-corrected chi connectivity index (χ3v) is 5.29. The van der Waals surface area contributed by atoms with E-state index in [1.54, 1.807) is 18.2 Å². The molecule has 1 atom stereocenters. The predicted molar refractivity (Wildman–Crippen MR) is 119 cm³/mol. The van der Waals surface area contributed by atoms with Gasteiger partial charge in [-0.1, -0.05) is 55.0 Å². The summed E-state index contributed by atoms with van der Waals surface area (Å²) in [6.07, 6.45) is -0.264. The number of amides is 2. The molecule has 0 aromatic heterocycles. The zero-order chi connectivity index (χ0) is 21.5. The Hall–Kier alpha value is -3.06. The Balaban J connectivity index is 1.50. The molecule has 3 aromatic rings. The Bertz CT molecular complexity index is 1040. The fourth-order valence-corrected chi connectivity index (χ4v) is 3.43. The molecule has 1 unspecified atom stereocenters. The molecule has 3 aromatic carbocycles. The SMILES string of the molecule is CCC(Oc1ccc(C)cc1)C(=O)NNC(=O)COc1ccc2ccccc2c1Br. The molecule has 6 nitrogen and oxygen atoms in total. The smallest absolute Gasteiger partial charge is 0.279 e. The Kier molecular flexibility index (Phi) is 7.30. The molecule has 0 spiro atoms. The van der Waals surface area contributed by atoms with E-state index in [0.29, 0.717) is 17.9 Å². The number of nitrogens with one attached hydrogen (secondary N) is 2. The van der Waals surface area contributed by atoms with E-state index < -0.39 is 17.9 Å². The van der Waals surface area contributed by atoms with Crippen molar-refractivity contribution in [1.29, 1.82) is 0 Å². The lowest BCUT2D eigenvalue weighted by Gasteiger charge is -2.18. The second-order valence-corrected chi connectivity index (χ2v) is 7.55. The summed E-state index contributed by atoms with van der Waals surface area (Å²) in [6, 6.07) is 19.0. The van der Waals surface area contributed by atoms with E-state index in [0.717, 1.165) is 20.8 Å². The van der Waals surface area contributed by atoms with Crippen molar-refractivity contribution in [3.8, 4) is 11.5 Å². The van der Waals surface area contributed by atoms with Gasteiger partial charge in [-0.2, -0.15) is 0 Å². The molecule has 30 heavy (non-hydrogen) atoms. The molecular formula is C23H23BrN2O4.